The molecule has 0 aliphatic carbocycles. The maximum atomic E-state index is 12.2. The number of nitrogens with one attached hydrogen (secondary N) is 1. The van der Waals surface area contributed by atoms with Crippen LogP contribution in [0.15, 0.2) is 58.6 Å². The quantitative estimate of drug-likeness (QED) is 0.494. The molecule has 1 amide bonds. The largest absolute Gasteiger partial charge is 0.465 e. The highest BCUT2D eigenvalue weighted by Crippen LogP contribution is 2.17. The van der Waals surface area contributed by atoms with Crippen molar-refractivity contribution in [3.8, 4) is 6.07 Å². The predicted molar refractivity (Wildman–Crippen MR) is 94.1 cm³/mol. The van der Waals surface area contributed by atoms with Crippen LogP contribution in [0, 0.1) is 11.3 Å². The minimum absolute atomic E-state index is 0.0722. The minimum atomic E-state index is -0.529. The van der Waals surface area contributed by atoms with Gasteiger partial charge in [0.2, 0.25) is 0 Å². The van der Waals surface area contributed by atoms with Crippen molar-refractivity contribution in [2.75, 3.05) is 12.4 Å². The molecular formula is C18H13BrN2O3. The fourth-order valence-corrected chi connectivity index (χ4v) is 2.35. The number of hydrogen-bond acceptors (Lipinski definition) is 4. The van der Waals surface area contributed by atoms with E-state index in [1.165, 1.54) is 13.2 Å². The second kappa shape index (κ2) is 8.09. The number of ether oxygens (including phenoxy) is 1. The summed E-state index contributed by atoms with van der Waals surface area (Å²) in [5.41, 5.74) is 1.39. The lowest BCUT2D eigenvalue weighted by Crippen LogP contribution is -2.13. The molecule has 0 bridgehead atoms. The Morgan fingerprint density at radius 2 is 1.96 bits per heavy atom. The summed E-state index contributed by atoms with van der Waals surface area (Å²) in [5.74, 6) is -1.01. The van der Waals surface area contributed by atoms with E-state index in [-0.39, 0.29) is 5.57 Å². The minimum Gasteiger partial charge on any atom is -0.465 e. The van der Waals surface area contributed by atoms with E-state index in [4.69, 9.17) is 0 Å². The van der Waals surface area contributed by atoms with Crippen LogP contribution in [0.25, 0.3) is 6.08 Å². The lowest BCUT2D eigenvalue weighted by molar-refractivity contribution is -0.112. The summed E-state index contributed by atoms with van der Waals surface area (Å²) >= 11 is 3.31. The first-order chi connectivity index (χ1) is 11.5. The first-order valence-electron chi connectivity index (χ1n) is 6.90. The van der Waals surface area contributed by atoms with Crippen molar-refractivity contribution < 1.29 is 14.3 Å². The number of rotatable bonds is 4. The number of anilines is 1. The second-order valence-corrected chi connectivity index (χ2v) is 5.67. The SMILES string of the molecule is COC(=O)c1cccc(/C=C(\C#N)C(=O)Nc2cccc(Br)c2)c1. The smallest absolute Gasteiger partial charge is 0.337 e. The summed E-state index contributed by atoms with van der Waals surface area (Å²) in [6.45, 7) is 0. The molecule has 2 aromatic rings. The highest BCUT2D eigenvalue weighted by atomic mass is 79.9. The average molecular weight is 385 g/mol. The van der Waals surface area contributed by atoms with Gasteiger partial charge in [-0.25, -0.2) is 4.79 Å². The van der Waals surface area contributed by atoms with Crippen LogP contribution in [0.3, 0.4) is 0 Å². The molecule has 0 radical (unpaired) electrons. The topological polar surface area (TPSA) is 79.2 Å². The molecule has 24 heavy (non-hydrogen) atoms. The fourth-order valence-electron chi connectivity index (χ4n) is 1.95. The molecule has 2 aromatic carbocycles. The van der Waals surface area contributed by atoms with Gasteiger partial charge in [0.1, 0.15) is 11.6 Å². The zero-order chi connectivity index (χ0) is 17.5. The van der Waals surface area contributed by atoms with Gasteiger partial charge in [-0.2, -0.15) is 5.26 Å². The van der Waals surface area contributed by atoms with Crippen LogP contribution in [0.5, 0.6) is 0 Å². The van der Waals surface area contributed by atoms with E-state index in [0.717, 1.165) is 4.47 Å². The Morgan fingerprint density at radius 3 is 2.62 bits per heavy atom. The number of methoxy groups -OCH3 is 1. The number of carbonyl (C=O) groups excluding carboxylic acids is 2. The molecule has 0 spiro atoms. The monoisotopic (exact) mass is 384 g/mol. The summed E-state index contributed by atoms with van der Waals surface area (Å²) in [7, 11) is 1.29. The molecule has 0 aromatic heterocycles. The van der Waals surface area contributed by atoms with Crippen LogP contribution in [-0.4, -0.2) is 19.0 Å². The highest BCUT2D eigenvalue weighted by Gasteiger charge is 2.11. The maximum absolute atomic E-state index is 12.2. The summed E-state index contributed by atoms with van der Waals surface area (Å²) in [4.78, 5) is 23.8. The third-order valence-corrected chi connectivity index (χ3v) is 3.56. The van der Waals surface area contributed by atoms with Crippen LogP contribution >= 0.6 is 15.9 Å². The number of amides is 1. The molecule has 0 aliphatic heterocycles. The maximum Gasteiger partial charge on any atom is 0.337 e. The molecule has 0 heterocycles. The van der Waals surface area contributed by atoms with Gasteiger partial charge in [-0.05, 0) is 42.0 Å². The Balaban J connectivity index is 2.24. The van der Waals surface area contributed by atoms with Crippen LogP contribution < -0.4 is 5.32 Å². The number of esters is 1. The molecule has 6 heteroatoms. The Kier molecular flexibility index (Phi) is 5.88. The second-order valence-electron chi connectivity index (χ2n) is 4.75. The van der Waals surface area contributed by atoms with Crippen molar-refractivity contribution in [3.63, 3.8) is 0 Å². The van der Waals surface area contributed by atoms with Crippen molar-refractivity contribution in [1.29, 1.82) is 5.26 Å². The Labute approximate surface area is 147 Å². The summed E-state index contributed by atoms with van der Waals surface area (Å²) in [6, 6.07) is 15.4. The van der Waals surface area contributed by atoms with Crippen molar-refractivity contribution >= 4 is 39.6 Å². The molecule has 0 unspecified atom stereocenters. The van der Waals surface area contributed by atoms with E-state index in [2.05, 4.69) is 26.0 Å². The van der Waals surface area contributed by atoms with Gasteiger partial charge in [-0.1, -0.05) is 34.1 Å². The average Bonchev–Trinajstić information content (AvgIpc) is 2.59. The molecule has 0 saturated carbocycles. The van der Waals surface area contributed by atoms with Crippen molar-refractivity contribution in [3.05, 3.63) is 69.7 Å². The first kappa shape index (κ1) is 17.4. The third kappa shape index (κ3) is 4.54. The number of halogens is 1. The summed E-state index contributed by atoms with van der Waals surface area (Å²) < 4.78 is 5.47. The van der Waals surface area contributed by atoms with E-state index in [1.54, 1.807) is 42.5 Å². The summed E-state index contributed by atoms with van der Waals surface area (Å²) in [5, 5.41) is 11.9. The van der Waals surface area contributed by atoms with Crippen LogP contribution in [-0.2, 0) is 9.53 Å². The van der Waals surface area contributed by atoms with Gasteiger partial charge in [0.15, 0.2) is 0 Å². The van der Waals surface area contributed by atoms with Gasteiger partial charge in [-0.15, -0.1) is 0 Å². The fraction of sp³-hybridized carbons (Fsp3) is 0.0556. The molecule has 0 saturated heterocycles. The summed E-state index contributed by atoms with van der Waals surface area (Å²) in [6.07, 6.45) is 1.42. The molecule has 0 fully saturated rings. The molecule has 0 atom stereocenters. The van der Waals surface area contributed by atoms with E-state index in [1.807, 2.05) is 12.1 Å². The van der Waals surface area contributed by atoms with E-state index in [9.17, 15) is 14.9 Å². The van der Waals surface area contributed by atoms with Gasteiger partial charge in [0.25, 0.3) is 5.91 Å². The van der Waals surface area contributed by atoms with Gasteiger partial charge in [-0.3, -0.25) is 4.79 Å². The molecule has 1 N–H and O–H groups in total. The van der Waals surface area contributed by atoms with Crippen molar-refractivity contribution in [2.24, 2.45) is 0 Å². The van der Waals surface area contributed by atoms with Gasteiger partial charge < -0.3 is 10.1 Å². The van der Waals surface area contributed by atoms with Gasteiger partial charge in [0, 0.05) is 10.2 Å². The van der Waals surface area contributed by atoms with Crippen LogP contribution in [0.2, 0.25) is 0 Å². The number of nitriles is 1. The van der Waals surface area contributed by atoms with E-state index >= 15 is 0 Å². The van der Waals surface area contributed by atoms with Crippen molar-refractivity contribution in [1.82, 2.24) is 0 Å². The number of benzene rings is 2. The Bertz CT molecular complexity index is 853. The highest BCUT2D eigenvalue weighted by molar-refractivity contribution is 9.10. The molecule has 120 valence electrons. The zero-order valence-electron chi connectivity index (χ0n) is 12.7. The Hall–Kier alpha value is -2.91. The van der Waals surface area contributed by atoms with Crippen LogP contribution in [0.1, 0.15) is 15.9 Å². The number of carbonyl (C=O) groups is 2. The van der Waals surface area contributed by atoms with Crippen molar-refractivity contribution in [2.45, 2.75) is 0 Å². The number of hydrogen-bond donors (Lipinski definition) is 1. The number of nitrogens with zero attached hydrogens (tertiary/aromatic N) is 1. The van der Waals surface area contributed by atoms with E-state index < -0.39 is 11.9 Å². The normalized spacial score (nSPS) is 10.6. The zero-order valence-corrected chi connectivity index (χ0v) is 14.3. The molecular weight excluding hydrogens is 372 g/mol. The third-order valence-electron chi connectivity index (χ3n) is 3.07. The Morgan fingerprint density at radius 1 is 1.21 bits per heavy atom. The lowest BCUT2D eigenvalue weighted by atomic mass is 10.1. The first-order valence-corrected chi connectivity index (χ1v) is 7.70. The van der Waals surface area contributed by atoms with Gasteiger partial charge >= 0.3 is 5.97 Å². The lowest BCUT2D eigenvalue weighted by Gasteiger charge is -2.05. The molecule has 5 nitrogen and oxygen atoms in total. The molecule has 0 aliphatic rings. The standard InChI is InChI=1S/C18H13BrN2O3/c1-24-18(23)13-5-2-4-12(8-13)9-14(11-20)17(22)21-16-7-3-6-15(19)10-16/h2-10H,1H3,(H,21,22)/b14-9+. The predicted octanol–water partition coefficient (Wildman–Crippen LogP) is 3.78. The van der Waals surface area contributed by atoms with Gasteiger partial charge in [0.05, 0.1) is 12.7 Å². The molecule has 2 rings (SSSR count). The van der Waals surface area contributed by atoms with E-state index in [0.29, 0.717) is 16.8 Å². The van der Waals surface area contributed by atoms with Crippen LogP contribution in [0.4, 0.5) is 5.69 Å².